The molecule has 4 rings (SSSR count). The molecule has 5 nitrogen and oxygen atoms in total. The first-order chi connectivity index (χ1) is 11.9. The van der Waals surface area contributed by atoms with Gasteiger partial charge in [-0.1, -0.05) is 0 Å². The van der Waals surface area contributed by atoms with Gasteiger partial charge in [-0.3, -0.25) is 4.57 Å². The van der Waals surface area contributed by atoms with Gasteiger partial charge in [0.1, 0.15) is 12.1 Å². The van der Waals surface area contributed by atoms with Crippen molar-refractivity contribution in [3.63, 3.8) is 0 Å². The molecule has 0 fully saturated rings. The maximum atomic E-state index is 13.6. The summed E-state index contributed by atoms with van der Waals surface area (Å²) in [6.45, 7) is 0. The summed E-state index contributed by atoms with van der Waals surface area (Å²) < 4.78 is 60.1. The number of hydrogen-bond donors (Lipinski definition) is 0. The van der Waals surface area contributed by atoms with Crippen LogP contribution in [0.25, 0.3) is 28.5 Å². The summed E-state index contributed by atoms with van der Waals surface area (Å²) in [5.74, 6) is -0.843. The minimum absolute atomic E-state index is 0.113. The van der Waals surface area contributed by atoms with Gasteiger partial charge in [-0.15, -0.1) is 0 Å². The lowest BCUT2D eigenvalue weighted by molar-refractivity contribution is -0.141. The molecule has 0 saturated carbocycles. The van der Waals surface area contributed by atoms with Gasteiger partial charge in [0.05, 0.1) is 0 Å². The fourth-order valence-electron chi connectivity index (χ4n) is 2.44. The summed E-state index contributed by atoms with van der Waals surface area (Å²) in [4.78, 5) is 11.7. The van der Waals surface area contributed by atoms with Gasteiger partial charge in [0.2, 0.25) is 5.89 Å². The van der Waals surface area contributed by atoms with Crippen molar-refractivity contribution in [2.75, 3.05) is 0 Å². The second-order valence-corrected chi connectivity index (χ2v) is 5.13. The number of aromatic nitrogens is 4. The molecule has 0 bridgehead atoms. The van der Waals surface area contributed by atoms with E-state index >= 15 is 0 Å². The highest BCUT2D eigenvalue weighted by atomic mass is 19.4. The van der Waals surface area contributed by atoms with Gasteiger partial charge < -0.3 is 4.42 Å². The monoisotopic (exact) mass is 348 g/mol. The number of nitrogens with zero attached hydrogens (tertiary/aromatic N) is 4. The fraction of sp³-hybridized carbons (Fsp3) is 0.0625. The first kappa shape index (κ1) is 15.3. The minimum Gasteiger partial charge on any atom is -0.433 e. The molecule has 0 aliphatic rings. The number of hydrogen-bond acceptors (Lipinski definition) is 4. The van der Waals surface area contributed by atoms with Gasteiger partial charge in [-0.25, -0.2) is 14.4 Å². The zero-order valence-corrected chi connectivity index (χ0v) is 12.3. The highest BCUT2D eigenvalue weighted by Crippen LogP contribution is 2.38. The zero-order chi connectivity index (χ0) is 17.6. The SMILES string of the molecule is Fc1ccc(-n2cnc(-c3nc4ncccc4o3)c2C(F)(F)F)cc1. The first-order valence-electron chi connectivity index (χ1n) is 7.06. The molecule has 0 amide bonds. The molecule has 9 heteroatoms. The maximum Gasteiger partial charge on any atom is 0.434 e. The van der Waals surface area contributed by atoms with E-state index in [4.69, 9.17) is 4.42 Å². The number of pyridine rings is 1. The number of imidazole rings is 1. The molecular formula is C16H8F4N4O. The Morgan fingerprint density at radius 3 is 2.44 bits per heavy atom. The fourth-order valence-corrected chi connectivity index (χ4v) is 2.44. The molecule has 4 aromatic rings. The number of alkyl halides is 3. The average molecular weight is 348 g/mol. The molecule has 0 N–H and O–H groups in total. The van der Waals surface area contributed by atoms with E-state index < -0.39 is 23.4 Å². The van der Waals surface area contributed by atoms with Crippen LogP contribution in [-0.4, -0.2) is 19.5 Å². The van der Waals surface area contributed by atoms with Crippen molar-refractivity contribution in [3.8, 4) is 17.3 Å². The van der Waals surface area contributed by atoms with Crippen LogP contribution in [0.2, 0.25) is 0 Å². The largest absolute Gasteiger partial charge is 0.434 e. The molecule has 0 aliphatic carbocycles. The number of oxazole rings is 1. The number of fused-ring (bicyclic) bond motifs is 1. The Hall–Kier alpha value is -3.23. The first-order valence-corrected chi connectivity index (χ1v) is 7.06. The molecule has 3 heterocycles. The molecule has 0 radical (unpaired) electrons. The third-order valence-corrected chi connectivity index (χ3v) is 3.51. The molecule has 126 valence electrons. The van der Waals surface area contributed by atoms with Crippen molar-refractivity contribution < 1.29 is 22.0 Å². The second kappa shape index (κ2) is 5.40. The lowest BCUT2D eigenvalue weighted by Gasteiger charge is -2.12. The van der Waals surface area contributed by atoms with E-state index in [1.165, 1.54) is 18.3 Å². The number of benzene rings is 1. The molecule has 0 unspecified atom stereocenters. The van der Waals surface area contributed by atoms with Crippen molar-refractivity contribution >= 4 is 11.2 Å². The minimum atomic E-state index is -4.73. The van der Waals surface area contributed by atoms with E-state index in [0.717, 1.165) is 23.0 Å². The van der Waals surface area contributed by atoms with Crippen LogP contribution in [0.3, 0.4) is 0 Å². The Balaban J connectivity index is 1.92. The maximum absolute atomic E-state index is 13.6. The predicted molar refractivity (Wildman–Crippen MR) is 79.3 cm³/mol. The molecule has 0 spiro atoms. The van der Waals surface area contributed by atoms with E-state index in [1.54, 1.807) is 12.1 Å². The second-order valence-electron chi connectivity index (χ2n) is 5.13. The third-order valence-electron chi connectivity index (χ3n) is 3.51. The molecule has 0 saturated heterocycles. The van der Waals surface area contributed by atoms with E-state index in [0.29, 0.717) is 0 Å². The molecule has 25 heavy (non-hydrogen) atoms. The quantitative estimate of drug-likeness (QED) is 0.509. The molecule has 0 atom stereocenters. The van der Waals surface area contributed by atoms with Crippen LogP contribution in [-0.2, 0) is 6.18 Å². The van der Waals surface area contributed by atoms with Gasteiger partial charge >= 0.3 is 6.18 Å². The summed E-state index contributed by atoms with van der Waals surface area (Å²) >= 11 is 0. The summed E-state index contributed by atoms with van der Waals surface area (Å²) in [5.41, 5.74) is -0.980. The molecule has 0 aliphatic heterocycles. The van der Waals surface area contributed by atoms with Crippen molar-refractivity contribution in [1.82, 2.24) is 19.5 Å². The number of halogens is 4. The number of rotatable bonds is 2. The van der Waals surface area contributed by atoms with E-state index in [1.807, 2.05) is 0 Å². The predicted octanol–water partition coefficient (Wildman–Crippen LogP) is 4.23. The van der Waals surface area contributed by atoms with Gasteiger partial charge in [0.25, 0.3) is 0 Å². The summed E-state index contributed by atoms with van der Waals surface area (Å²) in [6, 6.07) is 7.71. The van der Waals surface area contributed by atoms with Crippen LogP contribution in [0.15, 0.2) is 53.3 Å². The Morgan fingerprint density at radius 1 is 1.00 bits per heavy atom. The van der Waals surface area contributed by atoms with E-state index in [2.05, 4.69) is 15.0 Å². The van der Waals surface area contributed by atoms with Gasteiger partial charge in [-0.05, 0) is 36.4 Å². The Morgan fingerprint density at radius 2 is 1.76 bits per heavy atom. The van der Waals surface area contributed by atoms with Crippen molar-refractivity contribution in [2.45, 2.75) is 6.18 Å². The van der Waals surface area contributed by atoms with Crippen LogP contribution < -0.4 is 0 Å². The lowest BCUT2D eigenvalue weighted by atomic mass is 10.2. The van der Waals surface area contributed by atoms with Crippen LogP contribution in [0.5, 0.6) is 0 Å². The molecule has 3 aromatic heterocycles. The Kier molecular flexibility index (Phi) is 3.31. The average Bonchev–Trinajstić information content (AvgIpc) is 3.19. The zero-order valence-electron chi connectivity index (χ0n) is 12.3. The van der Waals surface area contributed by atoms with Crippen molar-refractivity contribution in [2.24, 2.45) is 0 Å². The van der Waals surface area contributed by atoms with Crippen LogP contribution >= 0.6 is 0 Å². The van der Waals surface area contributed by atoms with Crippen molar-refractivity contribution in [1.29, 1.82) is 0 Å². The molecular weight excluding hydrogens is 340 g/mol. The summed E-state index contributed by atoms with van der Waals surface area (Å²) in [7, 11) is 0. The third kappa shape index (κ3) is 2.63. The standard InChI is InChI=1S/C16H8F4N4O/c17-9-3-5-10(6-4-9)24-8-22-12(13(24)16(18,19)20)15-23-14-11(25-15)2-1-7-21-14/h1-8H. The van der Waals surface area contributed by atoms with E-state index in [-0.39, 0.29) is 22.8 Å². The van der Waals surface area contributed by atoms with Gasteiger partial charge in [0.15, 0.2) is 22.6 Å². The van der Waals surface area contributed by atoms with Gasteiger partial charge in [-0.2, -0.15) is 18.2 Å². The van der Waals surface area contributed by atoms with Gasteiger partial charge in [0, 0.05) is 11.9 Å². The highest BCUT2D eigenvalue weighted by Gasteiger charge is 2.40. The Bertz CT molecular complexity index is 1020. The topological polar surface area (TPSA) is 56.7 Å². The summed E-state index contributed by atoms with van der Waals surface area (Å²) in [6.07, 6.45) is -2.28. The smallest absolute Gasteiger partial charge is 0.433 e. The summed E-state index contributed by atoms with van der Waals surface area (Å²) in [5, 5.41) is 0. The van der Waals surface area contributed by atoms with Crippen LogP contribution in [0.1, 0.15) is 5.69 Å². The highest BCUT2D eigenvalue weighted by molar-refractivity contribution is 5.71. The van der Waals surface area contributed by atoms with Crippen LogP contribution in [0, 0.1) is 5.82 Å². The van der Waals surface area contributed by atoms with Crippen LogP contribution in [0.4, 0.5) is 17.6 Å². The van der Waals surface area contributed by atoms with Crippen molar-refractivity contribution in [3.05, 3.63) is 60.4 Å². The molecule has 1 aromatic carbocycles. The Labute approximate surface area is 137 Å². The van der Waals surface area contributed by atoms with E-state index in [9.17, 15) is 17.6 Å². The lowest BCUT2D eigenvalue weighted by Crippen LogP contribution is -2.13. The normalized spacial score (nSPS) is 12.0.